The minimum Gasteiger partial charge on any atom is -0.378 e. The molecule has 1 N–H and O–H groups in total. The summed E-state index contributed by atoms with van der Waals surface area (Å²) in [6.45, 7) is 2.91. The summed E-state index contributed by atoms with van der Waals surface area (Å²) in [4.78, 5) is 0. The molecule has 2 aromatic carbocycles. The Morgan fingerprint density at radius 1 is 0.810 bits per heavy atom. The molecule has 2 rings (SSSR count). The van der Waals surface area contributed by atoms with Crippen molar-refractivity contribution in [3.05, 3.63) is 64.5 Å². The molecule has 2 aromatic rings. The first kappa shape index (κ1) is 15.3. The van der Waals surface area contributed by atoms with E-state index < -0.39 is 35.1 Å². The molecule has 0 aliphatic heterocycles. The van der Waals surface area contributed by atoms with Crippen molar-refractivity contribution in [3.8, 4) is 0 Å². The molecule has 0 saturated heterocycles. The number of nitrogens with one attached hydrogen (secondary N) is 1. The Morgan fingerprint density at radius 2 is 1.38 bits per heavy atom. The lowest BCUT2D eigenvalue weighted by atomic mass is 10.0. The minimum absolute atomic E-state index is 0.00300. The van der Waals surface area contributed by atoms with Crippen LogP contribution >= 0.6 is 0 Å². The number of hydrogen-bond acceptors (Lipinski definition) is 1. The van der Waals surface area contributed by atoms with E-state index in [0.717, 1.165) is 24.3 Å². The average molecular weight is 301 g/mol. The van der Waals surface area contributed by atoms with Gasteiger partial charge in [0, 0.05) is 23.4 Å². The van der Waals surface area contributed by atoms with E-state index in [1.165, 1.54) is 13.8 Å². The van der Waals surface area contributed by atoms with Crippen molar-refractivity contribution in [1.29, 1.82) is 0 Å². The normalized spacial score (nSPS) is 12.3. The molecule has 0 bridgehead atoms. The fraction of sp³-hybridized carbons (Fsp3) is 0.200. The van der Waals surface area contributed by atoms with Crippen LogP contribution in [0, 0.1) is 36.0 Å². The zero-order valence-corrected chi connectivity index (χ0v) is 11.3. The highest BCUT2D eigenvalue weighted by atomic mass is 19.2. The number of aryl methyl sites for hydroxylation is 1. The van der Waals surface area contributed by atoms with Crippen LogP contribution in [0.5, 0.6) is 0 Å². The fourth-order valence-corrected chi connectivity index (χ4v) is 1.96. The maximum absolute atomic E-state index is 13.8. The Morgan fingerprint density at radius 3 is 1.95 bits per heavy atom. The van der Waals surface area contributed by atoms with Gasteiger partial charge in [-0.1, -0.05) is 0 Å². The molecule has 0 spiro atoms. The van der Waals surface area contributed by atoms with Gasteiger partial charge in [0.2, 0.25) is 0 Å². The number of anilines is 1. The molecule has 6 heteroatoms. The van der Waals surface area contributed by atoms with Crippen LogP contribution in [-0.2, 0) is 0 Å². The van der Waals surface area contributed by atoms with Gasteiger partial charge in [-0.15, -0.1) is 0 Å². The first-order chi connectivity index (χ1) is 9.79. The summed E-state index contributed by atoms with van der Waals surface area (Å²) in [6.07, 6.45) is 0. The maximum Gasteiger partial charge on any atom is 0.194 e. The SMILES string of the molecule is Cc1cc(F)c(C(C)Nc2cc(F)c(F)c(F)c2)cc1F. The number of halogens is 5. The van der Waals surface area contributed by atoms with Crippen LogP contribution in [-0.4, -0.2) is 0 Å². The molecule has 21 heavy (non-hydrogen) atoms. The van der Waals surface area contributed by atoms with Crippen LogP contribution in [0.3, 0.4) is 0 Å². The molecular formula is C15H12F5N. The molecule has 0 saturated carbocycles. The Kier molecular flexibility index (Phi) is 4.16. The zero-order valence-electron chi connectivity index (χ0n) is 11.3. The van der Waals surface area contributed by atoms with Gasteiger partial charge in [-0.2, -0.15) is 0 Å². The van der Waals surface area contributed by atoms with Crippen LogP contribution < -0.4 is 5.32 Å². The van der Waals surface area contributed by atoms with Crippen molar-refractivity contribution < 1.29 is 22.0 Å². The van der Waals surface area contributed by atoms with Crippen LogP contribution in [0.4, 0.5) is 27.6 Å². The van der Waals surface area contributed by atoms with E-state index >= 15 is 0 Å². The van der Waals surface area contributed by atoms with Gasteiger partial charge in [0.1, 0.15) is 11.6 Å². The average Bonchev–Trinajstić information content (AvgIpc) is 2.40. The van der Waals surface area contributed by atoms with E-state index in [4.69, 9.17) is 0 Å². The van der Waals surface area contributed by atoms with Gasteiger partial charge < -0.3 is 5.32 Å². The summed E-state index contributed by atoms with van der Waals surface area (Å²) >= 11 is 0. The predicted molar refractivity (Wildman–Crippen MR) is 69.4 cm³/mol. The third-order valence-corrected chi connectivity index (χ3v) is 3.11. The summed E-state index contributed by atoms with van der Waals surface area (Å²) in [7, 11) is 0. The summed E-state index contributed by atoms with van der Waals surface area (Å²) < 4.78 is 66.3. The first-order valence-corrected chi connectivity index (χ1v) is 6.16. The quantitative estimate of drug-likeness (QED) is 0.630. The lowest BCUT2D eigenvalue weighted by Crippen LogP contribution is -2.10. The Labute approximate surface area is 118 Å². The highest BCUT2D eigenvalue weighted by Gasteiger charge is 2.16. The number of hydrogen-bond donors (Lipinski definition) is 1. The molecule has 1 unspecified atom stereocenters. The Balaban J connectivity index is 2.30. The second-order valence-corrected chi connectivity index (χ2v) is 4.74. The van der Waals surface area contributed by atoms with E-state index in [1.807, 2.05) is 0 Å². The molecule has 0 fully saturated rings. The van der Waals surface area contributed by atoms with E-state index in [9.17, 15) is 22.0 Å². The summed E-state index contributed by atoms with van der Waals surface area (Å²) in [6, 6.07) is 2.78. The Hall–Kier alpha value is -2.11. The highest BCUT2D eigenvalue weighted by Crippen LogP contribution is 2.25. The number of rotatable bonds is 3. The summed E-state index contributed by atoms with van der Waals surface area (Å²) in [5.41, 5.74) is 0.0878. The van der Waals surface area contributed by atoms with Crippen molar-refractivity contribution in [2.24, 2.45) is 0 Å². The van der Waals surface area contributed by atoms with Crippen LogP contribution in [0.1, 0.15) is 24.1 Å². The van der Waals surface area contributed by atoms with Crippen LogP contribution in [0.25, 0.3) is 0 Å². The lowest BCUT2D eigenvalue weighted by molar-refractivity contribution is 0.447. The van der Waals surface area contributed by atoms with Crippen molar-refractivity contribution in [3.63, 3.8) is 0 Å². The molecule has 112 valence electrons. The van der Waals surface area contributed by atoms with Gasteiger partial charge in [0.05, 0.1) is 6.04 Å². The molecular weight excluding hydrogens is 289 g/mol. The predicted octanol–water partition coefficient (Wildman–Crippen LogP) is 4.86. The van der Waals surface area contributed by atoms with Gasteiger partial charge in [0.15, 0.2) is 17.5 Å². The molecule has 0 amide bonds. The number of benzene rings is 2. The van der Waals surface area contributed by atoms with Gasteiger partial charge >= 0.3 is 0 Å². The van der Waals surface area contributed by atoms with E-state index in [0.29, 0.717) is 0 Å². The molecule has 0 heterocycles. The van der Waals surface area contributed by atoms with Gasteiger partial charge in [0.25, 0.3) is 0 Å². The van der Waals surface area contributed by atoms with Crippen LogP contribution in [0.15, 0.2) is 24.3 Å². The van der Waals surface area contributed by atoms with Gasteiger partial charge in [-0.25, -0.2) is 22.0 Å². The maximum atomic E-state index is 13.8. The van der Waals surface area contributed by atoms with Crippen molar-refractivity contribution in [1.82, 2.24) is 0 Å². The molecule has 0 aliphatic rings. The minimum atomic E-state index is -1.58. The molecule has 0 aromatic heterocycles. The van der Waals surface area contributed by atoms with E-state index in [1.54, 1.807) is 0 Å². The van der Waals surface area contributed by atoms with Crippen LogP contribution in [0.2, 0.25) is 0 Å². The third-order valence-electron chi connectivity index (χ3n) is 3.11. The Bertz CT molecular complexity index is 661. The van der Waals surface area contributed by atoms with E-state index in [2.05, 4.69) is 5.32 Å². The van der Waals surface area contributed by atoms with Crippen molar-refractivity contribution >= 4 is 5.69 Å². The second-order valence-electron chi connectivity index (χ2n) is 4.74. The van der Waals surface area contributed by atoms with E-state index in [-0.39, 0.29) is 16.8 Å². The summed E-state index contributed by atoms with van der Waals surface area (Å²) in [5.74, 6) is -5.53. The molecule has 0 aliphatic carbocycles. The molecule has 1 atom stereocenters. The topological polar surface area (TPSA) is 12.0 Å². The van der Waals surface area contributed by atoms with Gasteiger partial charge in [-0.3, -0.25) is 0 Å². The fourth-order valence-electron chi connectivity index (χ4n) is 1.96. The largest absolute Gasteiger partial charge is 0.378 e. The smallest absolute Gasteiger partial charge is 0.194 e. The second kappa shape index (κ2) is 5.71. The standard InChI is InChI=1S/C15H12F5N/c1-7-3-12(17)10(6-11(7)16)8(2)21-9-4-13(18)15(20)14(19)5-9/h3-6,8,21H,1-2H3. The zero-order chi connectivity index (χ0) is 15.7. The van der Waals surface area contributed by atoms with Crippen molar-refractivity contribution in [2.75, 3.05) is 5.32 Å². The van der Waals surface area contributed by atoms with Gasteiger partial charge in [-0.05, 0) is 31.5 Å². The first-order valence-electron chi connectivity index (χ1n) is 6.16. The monoisotopic (exact) mass is 301 g/mol. The lowest BCUT2D eigenvalue weighted by Gasteiger charge is -2.17. The molecule has 1 nitrogen and oxygen atoms in total. The van der Waals surface area contributed by atoms with Crippen molar-refractivity contribution in [2.45, 2.75) is 19.9 Å². The summed E-state index contributed by atoms with van der Waals surface area (Å²) in [5, 5.41) is 2.60. The molecule has 0 radical (unpaired) electrons. The highest BCUT2D eigenvalue weighted by molar-refractivity contribution is 5.46. The third kappa shape index (κ3) is 3.15.